The lowest BCUT2D eigenvalue weighted by atomic mass is 10.1. The lowest BCUT2D eigenvalue weighted by molar-refractivity contribution is 0.415. The number of aryl methyl sites for hydroxylation is 1. The molecule has 3 heteroatoms. The van der Waals surface area contributed by atoms with Gasteiger partial charge in [0.25, 0.3) is 0 Å². The van der Waals surface area contributed by atoms with Crippen LogP contribution in [-0.4, -0.2) is 20.2 Å². The Kier molecular flexibility index (Phi) is 4.88. The lowest BCUT2D eigenvalue weighted by Crippen LogP contribution is -2.14. The minimum Gasteiger partial charge on any atom is -0.497 e. The van der Waals surface area contributed by atoms with Crippen LogP contribution in [0.5, 0.6) is 5.75 Å². The molecular weight excluding hydrogens is 248 g/mol. The van der Waals surface area contributed by atoms with Crippen molar-refractivity contribution in [2.75, 3.05) is 30.8 Å². The molecule has 0 heterocycles. The first-order valence-corrected chi connectivity index (χ1v) is 6.88. The van der Waals surface area contributed by atoms with E-state index in [-0.39, 0.29) is 0 Å². The van der Waals surface area contributed by atoms with Gasteiger partial charge in [-0.25, -0.2) is 0 Å². The first-order chi connectivity index (χ1) is 9.70. The van der Waals surface area contributed by atoms with Gasteiger partial charge in [-0.2, -0.15) is 0 Å². The summed E-state index contributed by atoms with van der Waals surface area (Å²) in [6, 6.07) is 14.3. The van der Waals surface area contributed by atoms with Crippen molar-refractivity contribution < 1.29 is 4.74 Å². The van der Waals surface area contributed by atoms with Gasteiger partial charge in [-0.05, 0) is 55.3 Å². The first-order valence-electron chi connectivity index (χ1n) is 6.88. The van der Waals surface area contributed by atoms with E-state index in [1.165, 1.54) is 16.8 Å². The number of methoxy groups -OCH3 is 1. The maximum Gasteiger partial charge on any atom is 0.119 e. The fraction of sp³-hybridized carbons (Fsp3) is 0.294. The molecule has 2 aromatic rings. The molecule has 0 amide bonds. The third-order valence-corrected chi connectivity index (χ3v) is 3.46. The number of rotatable bonds is 6. The van der Waals surface area contributed by atoms with Crippen LogP contribution in [-0.2, 0) is 0 Å². The van der Waals surface area contributed by atoms with Gasteiger partial charge in [0.15, 0.2) is 0 Å². The van der Waals surface area contributed by atoms with Crippen molar-refractivity contribution in [2.24, 2.45) is 0 Å². The van der Waals surface area contributed by atoms with Crippen LogP contribution in [0.15, 0.2) is 42.5 Å². The van der Waals surface area contributed by atoms with Crippen LogP contribution in [0.3, 0.4) is 0 Å². The third kappa shape index (κ3) is 3.67. The number of ether oxygens (including phenoxy) is 1. The summed E-state index contributed by atoms with van der Waals surface area (Å²) < 4.78 is 5.14. The average Bonchev–Trinajstić information content (AvgIpc) is 2.48. The van der Waals surface area contributed by atoms with E-state index in [2.05, 4.69) is 42.7 Å². The standard InChI is InChI=1S/C17H22N2O/c1-13-5-4-6-17(14(13)2)19-12-11-18-15-7-9-16(20-3)10-8-15/h4-10,18-19H,11-12H2,1-3H3. The fourth-order valence-electron chi connectivity index (χ4n) is 2.06. The Balaban J connectivity index is 1.80. The zero-order chi connectivity index (χ0) is 14.4. The van der Waals surface area contributed by atoms with E-state index in [0.29, 0.717) is 0 Å². The van der Waals surface area contributed by atoms with Crippen molar-refractivity contribution in [2.45, 2.75) is 13.8 Å². The van der Waals surface area contributed by atoms with Gasteiger partial charge < -0.3 is 15.4 Å². The molecule has 0 unspecified atom stereocenters. The molecule has 0 aliphatic rings. The van der Waals surface area contributed by atoms with Crippen LogP contribution >= 0.6 is 0 Å². The number of anilines is 2. The van der Waals surface area contributed by atoms with Crippen molar-refractivity contribution in [1.29, 1.82) is 0 Å². The number of hydrogen-bond donors (Lipinski definition) is 2. The van der Waals surface area contributed by atoms with Crippen molar-refractivity contribution in [3.05, 3.63) is 53.6 Å². The van der Waals surface area contributed by atoms with E-state index < -0.39 is 0 Å². The van der Waals surface area contributed by atoms with Crippen molar-refractivity contribution in [3.8, 4) is 5.75 Å². The Morgan fingerprint density at radius 3 is 2.30 bits per heavy atom. The molecule has 2 N–H and O–H groups in total. The van der Waals surface area contributed by atoms with Crippen LogP contribution in [0.25, 0.3) is 0 Å². The molecule has 0 bridgehead atoms. The quantitative estimate of drug-likeness (QED) is 0.783. The monoisotopic (exact) mass is 270 g/mol. The van der Waals surface area contributed by atoms with Crippen molar-refractivity contribution in [1.82, 2.24) is 0 Å². The minimum atomic E-state index is 0.875. The van der Waals surface area contributed by atoms with Crippen LogP contribution in [0, 0.1) is 13.8 Å². The Morgan fingerprint density at radius 1 is 0.900 bits per heavy atom. The Hall–Kier alpha value is -2.16. The summed E-state index contributed by atoms with van der Waals surface area (Å²) in [5, 5.41) is 6.84. The van der Waals surface area contributed by atoms with Gasteiger partial charge in [-0.3, -0.25) is 0 Å². The molecular formula is C17H22N2O. The second-order valence-corrected chi connectivity index (χ2v) is 4.83. The van der Waals surface area contributed by atoms with Gasteiger partial charge in [-0.1, -0.05) is 12.1 Å². The second-order valence-electron chi connectivity index (χ2n) is 4.83. The second kappa shape index (κ2) is 6.85. The summed E-state index contributed by atoms with van der Waals surface area (Å²) in [7, 11) is 1.68. The number of benzene rings is 2. The van der Waals surface area contributed by atoms with E-state index in [1.807, 2.05) is 24.3 Å². The van der Waals surface area contributed by atoms with Gasteiger partial charge in [0.1, 0.15) is 5.75 Å². The van der Waals surface area contributed by atoms with E-state index in [9.17, 15) is 0 Å². The van der Waals surface area contributed by atoms with Crippen LogP contribution in [0.1, 0.15) is 11.1 Å². The Bertz CT molecular complexity index is 549. The normalized spacial score (nSPS) is 10.2. The molecule has 0 saturated carbocycles. The van der Waals surface area contributed by atoms with Crippen LogP contribution in [0.4, 0.5) is 11.4 Å². The van der Waals surface area contributed by atoms with Gasteiger partial charge >= 0.3 is 0 Å². The summed E-state index contributed by atoms with van der Waals surface area (Å²) in [6.45, 7) is 6.04. The molecule has 2 rings (SSSR count). The summed E-state index contributed by atoms with van der Waals surface area (Å²) >= 11 is 0. The fourth-order valence-corrected chi connectivity index (χ4v) is 2.06. The van der Waals surface area contributed by atoms with Crippen LogP contribution in [0.2, 0.25) is 0 Å². The van der Waals surface area contributed by atoms with Gasteiger partial charge in [-0.15, -0.1) is 0 Å². The summed E-state index contributed by atoms with van der Waals surface area (Å²) in [5.41, 5.74) is 4.95. The molecule has 0 saturated heterocycles. The Morgan fingerprint density at radius 2 is 1.60 bits per heavy atom. The van der Waals surface area contributed by atoms with Crippen LogP contribution < -0.4 is 15.4 Å². The molecule has 0 fully saturated rings. The summed E-state index contributed by atoms with van der Waals surface area (Å²) in [4.78, 5) is 0. The highest BCUT2D eigenvalue weighted by Crippen LogP contribution is 2.18. The molecule has 0 aromatic heterocycles. The molecule has 20 heavy (non-hydrogen) atoms. The highest BCUT2D eigenvalue weighted by Gasteiger charge is 1.99. The molecule has 0 aliphatic carbocycles. The molecule has 0 spiro atoms. The Labute approximate surface area is 121 Å². The first kappa shape index (κ1) is 14.3. The third-order valence-electron chi connectivity index (χ3n) is 3.46. The largest absolute Gasteiger partial charge is 0.497 e. The zero-order valence-corrected chi connectivity index (χ0v) is 12.4. The highest BCUT2D eigenvalue weighted by atomic mass is 16.5. The smallest absolute Gasteiger partial charge is 0.119 e. The minimum absolute atomic E-state index is 0.875. The number of hydrogen-bond acceptors (Lipinski definition) is 3. The van der Waals surface area contributed by atoms with E-state index in [0.717, 1.165) is 24.5 Å². The van der Waals surface area contributed by atoms with Crippen molar-refractivity contribution in [3.63, 3.8) is 0 Å². The number of nitrogens with one attached hydrogen (secondary N) is 2. The predicted octanol–water partition coefficient (Wildman–Crippen LogP) is 3.84. The molecule has 2 aromatic carbocycles. The van der Waals surface area contributed by atoms with Gasteiger partial charge in [0, 0.05) is 24.5 Å². The zero-order valence-electron chi connectivity index (χ0n) is 12.4. The lowest BCUT2D eigenvalue weighted by Gasteiger charge is -2.12. The van der Waals surface area contributed by atoms with Gasteiger partial charge in [0.05, 0.1) is 7.11 Å². The molecule has 0 atom stereocenters. The van der Waals surface area contributed by atoms with E-state index in [1.54, 1.807) is 7.11 Å². The molecule has 0 aliphatic heterocycles. The average molecular weight is 270 g/mol. The molecule has 106 valence electrons. The van der Waals surface area contributed by atoms with E-state index in [4.69, 9.17) is 4.74 Å². The highest BCUT2D eigenvalue weighted by molar-refractivity contribution is 5.54. The maximum absolute atomic E-state index is 5.14. The molecule has 3 nitrogen and oxygen atoms in total. The molecule has 0 radical (unpaired) electrons. The maximum atomic E-state index is 5.14. The SMILES string of the molecule is COc1ccc(NCCNc2cccc(C)c2C)cc1. The van der Waals surface area contributed by atoms with Crippen molar-refractivity contribution >= 4 is 11.4 Å². The summed E-state index contributed by atoms with van der Waals surface area (Å²) in [6.07, 6.45) is 0. The summed E-state index contributed by atoms with van der Waals surface area (Å²) in [5.74, 6) is 0.879. The predicted molar refractivity (Wildman–Crippen MR) is 85.9 cm³/mol. The van der Waals surface area contributed by atoms with Gasteiger partial charge in [0.2, 0.25) is 0 Å². The topological polar surface area (TPSA) is 33.3 Å². The van der Waals surface area contributed by atoms with E-state index >= 15 is 0 Å².